The van der Waals surface area contributed by atoms with Gasteiger partial charge in [0, 0.05) is 18.0 Å². The summed E-state index contributed by atoms with van der Waals surface area (Å²) in [6, 6.07) is 9.59. The van der Waals surface area contributed by atoms with E-state index >= 15 is 0 Å². The number of pyridine rings is 1. The number of carboxylic acids is 1. The largest absolute Gasteiger partial charge is 0.478 e. The number of fused-ring (bicyclic) bond motifs is 1. The topological polar surface area (TPSA) is 119 Å². The van der Waals surface area contributed by atoms with Crippen molar-refractivity contribution in [3.05, 3.63) is 71.1 Å². The van der Waals surface area contributed by atoms with E-state index in [4.69, 9.17) is 10.5 Å². The first-order valence-corrected chi connectivity index (χ1v) is 8.58. The highest BCUT2D eigenvalue weighted by atomic mass is 32.2. The standard InChI is InChI=1S/C18H11N5O3S/c19-14-13(9-10-1-3-12(4-2-10)17(25)26)15(24)21-18-23(14)22-16(27-18)11-5-7-20-8-6-11/h1-9,19H,(H,25,26). The van der Waals surface area contributed by atoms with Crippen molar-refractivity contribution in [2.24, 2.45) is 10.1 Å². The van der Waals surface area contributed by atoms with Crippen molar-refractivity contribution >= 4 is 45.8 Å². The lowest BCUT2D eigenvalue weighted by Crippen LogP contribution is -2.35. The summed E-state index contributed by atoms with van der Waals surface area (Å²) in [5, 5.41) is 24.0. The number of nitrogens with one attached hydrogen (secondary N) is 1. The van der Waals surface area contributed by atoms with Crippen LogP contribution in [0.15, 0.2) is 64.5 Å². The van der Waals surface area contributed by atoms with Gasteiger partial charge in [-0.05, 0) is 47.7 Å². The van der Waals surface area contributed by atoms with Gasteiger partial charge in [0.05, 0.1) is 11.1 Å². The Kier molecular flexibility index (Phi) is 4.13. The number of amidine groups is 2. The zero-order chi connectivity index (χ0) is 19.0. The quantitative estimate of drug-likeness (QED) is 0.793. The number of aromatic carboxylic acids is 1. The van der Waals surface area contributed by atoms with Gasteiger partial charge in [-0.25, -0.2) is 4.79 Å². The van der Waals surface area contributed by atoms with E-state index < -0.39 is 11.9 Å². The van der Waals surface area contributed by atoms with E-state index in [-0.39, 0.29) is 17.0 Å². The maximum Gasteiger partial charge on any atom is 0.335 e. The Labute approximate surface area is 157 Å². The van der Waals surface area contributed by atoms with Crippen molar-refractivity contribution in [3.63, 3.8) is 0 Å². The van der Waals surface area contributed by atoms with Gasteiger partial charge in [-0.3, -0.25) is 15.2 Å². The zero-order valence-corrected chi connectivity index (χ0v) is 14.5. The minimum absolute atomic E-state index is 0.0798. The second kappa shape index (κ2) is 6.61. The molecule has 0 spiro atoms. The third-order valence-corrected chi connectivity index (χ3v) is 4.81. The number of carbonyl (C=O) groups excluding carboxylic acids is 1. The van der Waals surface area contributed by atoms with Crippen molar-refractivity contribution in [3.8, 4) is 0 Å². The van der Waals surface area contributed by atoms with Gasteiger partial charge in [0.25, 0.3) is 5.91 Å². The third kappa shape index (κ3) is 3.15. The lowest BCUT2D eigenvalue weighted by atomic mass is 10.1. The molecule has 0 aliphatic carbocycles. The van der Waals surface area contributed by atoms with Gasteiger partial charge in [0.15, 0.2) is 5.84 Å². The van der Waals surface area contributed by atoms with Crippen molar-refractivity contribution < 1.29 is 14.7 Å². The van der Waals surface area contributed by atoms with Crippen LogP contribution in [-0.4, -0.2) is 43.0 Å². The van der Waals surface area contributed by atoms with Crippen molar-refractivity contribution in [2.75, 3.05) is 0 Å². The number of aromatic nitrogens is 1. The number of aliphatic imine (C=N–C) groups is 1. The molecule has 2 aliphatic heterocycles. The average Bonchev–Trinajstić information content (AvgIpc) is 3.10. The van der Waals surface area contributed by atoms with Gasteiger partial charge >= 0.3 is 5.97 Å². The van der Waals surface area contributed by atoms with Crippen LogP contribution in [0.4, 0.5) is 0 Å². The molecule has 0 fully saturated rings. The number of benzene rings is 1. The van der Waals surface area contributed by atoms with Crippen LogP contribution in [0.3, 0.4) is 0 Å². The summed E-state index contributed by atoms with van der Waals surface area (Å²) in [6.45, 7) is 0. The lowest BCUT2D eigenvalue weighted by Gasteiger charge is -2.20. The summed E-state index contributed by atoms with van der Waals surface area (Å²) >= 11 is 1.21. The summed E-state index contributed by atoms with van der Waals surface area (Å²) in [5.41, 5.74) is 1.64. The van der Waals surface area contributed by atoms with Crippen LogP contribution < -0.4 is 0 Å². The van der Waals surface area contributed by atoms with Crippen LogP contribution in [0.25, 0.3) is 6.08 Å². The van der Waals surface area contributed by atoms with Crippen molar-refractivity contribution in [1.29, 1.82) is 5.41 Å². The second-order valence-electron chi connectivity index (χ2n) is 5.59. The number of nitrogens with zero attached hydrogens (tertiary/aromatic N) is 4. The summed E-state index contributed by atoms with van der Waals surface area (Å²) < 4.78 is 0. The molecule has 3 heterocycles. The fourth-order valence-electron chi connectivity index (χ4n) is 2.49. The van der Waals surface area contributed by atoms with Crippen LogP contribution >= 0.6 is 11.8 Å². The molecule has 8 nitrogen and oxygen atoms in total. The number of hydrogen-bond acceptors (Lipinski definition) is 6. The molecule has 1 aromatic carbocycles. The molecule has 1 aromatic heterocycles. The Balaban J connectivity index is 1.66. The molecule has 2 N–H and O–H groups in total. The number of carbonyl (C=O) groups is 2. The molecule has 0 unspecified atom stereocenters. The van der Waals surface area contributed by atoms with E-state index in [0.717, 1.165) is 5.56 Å². The Bertz CT molecular complexity index is 1060. The maximum absolute atomic E-state index is 12.4. The normalized spacial score (nSPS) is 17.6. The second-order valence-corrected chi connectivity index (χ2v) is 6.54. The number of carboxylic acid groups (broad SMARTS) is 1. The molecule has 0 atom stereocenters. The van der Waals surface area contributed by atoms with E-state index in [2.05, 4.69) is 15.1 Å². The molecule has 0 saturated heterocycles. The van der Waals surface area contributed by atoms with Gasteiger partial charge < -0.3 is 5.11 Å². The number of thioether (sulfide) groups is 1. The first-order valence-electron chi connectivity index (χ1n) is 7.77. The van der Waals surface area contributed by atoms with Gasteiger partial charge in [-0.15, -0.1) is 0 Å². The highest BCUT2D eigenvalue weighted by Gasteiger charge is 2.35. The monoisotopic (exact) mass is 377 g/mol. The Hall–Kier alpha value is -3.59. The predicted molar refractivity (Wildman–Crippen MR) is 102 cm³/mol. The molecule has 132 valence electrons. The Morgan fingerprint density at radius 2 is 1.85 bits per heavy atom. The fraction of sp³-hybridized carbons (Fsp3) is 0. The average molecular weight is 377 g/mol. The lowest BCUT2D eigenvalue weighted by molar-refractivity contribution is -0.114. The van der Waals surface area contributed by atoms with E-state index in [1.54, 1.807) is 36.7 Å². The molecule has 9 heteroatoms. The molecule has 0 saturated carbocycles. The number of hydrogen-bond donors (Lipinski definition) is 2. The van der Waals surface area contributed by atoms with E-state index in [1.165, 1.54) is 35.0 Å². The van der Waals surface area contributed by atoms with Gasteiger partial charge in [-0.1, -0.05) is 12.1 Å². The van der Waals surface area contributed by atoms with Crippen molar-refractivity contribution in [1.82, 2.24) is 9.99 Å². The number of amides is 1. The Morgan fingerprint density at radius 3 is 2.52 bits per heavy atom. The molecule has 27 heavy (non-hydrogen) atoms. The molecule has 1 amide bonds. The third-order valence-electron chi connectivity index (χ3n) is 3.85. The minimum atomic E-state index is -1.03. The van der Waals surface area contributed by atoms with Gasteiger partial charge in [0.2, 0.25) is 5.17 Å². The van der Waals surface area contributed by atoms with Gasteiger partial charge in [-0.2, -0.15) is 15.1 Å². The molecule has 2 aliphatic rings. The number of hydrazone groups is 1. The Morgan fingerprint density at radius 1 is 1.15 bits per heavy atom. The van der Waals surface area contributed by atoms with E-state index in [9.17, 15) is 9.59 Å². The van der Waals surface area contributed by atoms with Crippen LogP contribution in [0.2, 0.25) is 0 Å². The van der Waals surface area contributed by atoms with Crippen molar-refractivity contribution in [2.45, 2.75) is 0 Å². The first-order chi connectivity index (χ1) is 13.0. The smallest absolute Gasteiger partial charge is 0.335 e. The SMILES string of the molecule is N=C1C(=Cc2ccc(C(=O)O)cc2)C(=O)N=C2SC(c3ccncc3)=NN12. The molecule has 2 aromatic rings. The van der Waals surface area contributed by atoms with E-state index in [1.807, 2.05) is 0 Å². The zero-order valence-electron chi connectivity index (χ0n) is 13.7. The van der Waals surface area contributed by atoms with Crippen LogP contribution in [0, 0.1) is 5.41 Å². The summed E-state index contributed by atoms with van der Waals surface area (Å²) in [4.78, 5) is 31.3. The molecule has 0 bridgehead atoms. The summed E-state index contributed by atoms with van der Waals surface area (Å²) in [6.07, 6.45) is 4.78. The molecule has 0 radical (unpaired) electrons. The fourth-order valence-corrected chi connectivity index (χ4v) is 3.39. The summed E-state index contributed by atoms with van der Waals surface area (Å²) in [7, 11) is 0. The summed E-state index contributed by atoms with van der Waals surface area (Å²) in [5.74, 6) is -1.65. The first kappa shape index (κ1) is 16.9. The van der Waals surface area contributed by atoms with Crippen LogP contribution in [-0.2, 0) is 4.79 Å². The molecule has 4 rings (SSSR count). The minimum Gasteiger partial charge on any atom is -0.478 e. The highest BCUT2D eigenvalue weighted by Crippen LogP contribution is 2.30. The number of rotatable bonds is 3. The van der Waals surface area contributed by atoms with Crippen LogP contribution in [0.1, 0.15) is 21.5 Å². The maximum atomic E-state index is 12.4. The highest BCUT2D eigenvalue weighted by molar-refractivity contribution is 8.27. The van der Waals surface area contributed by atoms with Gasteiger partial charge in [0.1, 0.15) is 5.04 Å². The van der Waals surface area contributed by atoms with E-state index in [0.29, 0.717) is 15.8 Å². The predicted octanol–water partition coefficient (Wildman–Crippen LogP) is 2.45. The van der Waals surface area contributed by atoms with Crippen LogP contribution in [0.5, 0.6) is 0 Å². The molecular formula is C18H11N5O3S. The molecular weight excluding hydrogens is 366 g/mol.